The third kappa shape index (κ3) is 4.93. The summed E-state index contributed by atoms with van der Waals surface area (Å²) in [5, 5.41) is 2.68. The van der Waals surface area contributed by atoms with Gasteiger partial charge in [-0.2, -0.15) is 18.2 Å². The van der Waals surface area contributed by atoms with Crippen LogP contribution in [0.15, 0.2) is 6.07 Å². The highest BCUT2D eigenvalue weighted by Gasteiger charge is 2.33. The van der Waals surface area contributed by atoms with Gasteiger partial charge in [0.1, 0.15) is 5.82 Å². The molecule has 4 N–H and O–H groups in total. The number of aromatic nitrogens is 2. The molecule has 0 aliphatic rings. The summed E-state index contributed by atoms with van der Waals surface area (Å²) in [6.07, 6.45) is -2.46. The molecule has 0 spiro atoms. The normalized spacial score (nSPS) is 14.7. The summed E-state index contributed by atoms with van der Waals surface area (Å²) in [6.45, 7) is 2.14. The highest BCUT2D eigenvalue weighted by atomic mass is 32.2. The van der Waals surface area contributed by atoms with Crippen molar-refractivity contribution < 1.29 is 17.4 Å². The van der Waals surface area contributed by atoms with E-state index in [4.69, 9.17) is 5.84 Å². The molecule has 0 saturated heterocycles. The van der Waals surface area contributed by atoms with E-state index in [1.165, 1.54) is 0 Å². The number of nitrogens with zero attached hydrogens (tertiary/aromatic N) is 2. The predicted molar refractivity (Wildman–Crippen MR) is 71.5 cm³/mol. The number of nitrogen functional groups attached to an aromatic ring is 1. The van der Waals surface area contributed by atoms with Gasteiger partial charge < -0.3 is 5.32 Å². The Hall–Kier alpha value is -1.42. The molecule has 0 amide bonds. The number of rotatable bonds is 6. The molecule has 0 saturated carbocycles. The van der Waals surface area contributed by atoms with Gasteiger partial charge in [0.15, 0.2) is 5.69 Å². The molecule has 0 aliphatic carbocycles. The SMILES string of the molecule is CC(CCNc1cc(C(F)(F)F)nc(NN)n1)S(C)=O. The van der Waals surface area contributed by atoms with Gasteiger partial charge in [-0.3, -0.25) is 9.63 Å². The fraction of sp³-hybridized carbons (Fsp3) is 0.600. The summed E-state index contributed by atoms with van der Waals surface area (Å²) in [5.74, 6) is 4.72. The van der Waals surface area contributed by atoms with Gasteiger partial charge in [0, 0.05) is 34.9 Å². The Kier molecular flexibility index (Phi) is 5.69. The Morgan fingerprint density at radius 2 is 2.10 bits per heavy atom. The number of hydrazine groups is 1. The summed E-state index contributed by atoms with van der Waals surface area (Å²) in [4.78, 5) is 7.01. The Bertz CT molecular complexity index is 482. The first-order valence-electron chi connectivity index (χ1n) is 5.73. The summed E-state index contributed by atoms with van der Waals surface area (Å²) in [6, 6.07) is 0.800. The maximum absolute atomic E-state index is 12.6. The highest BCUT2D eigenvalue weighted by molar-refractivity contribution is 7.84. The molecule has 1 aromatic heterocycles. The molecule has 2 atom stereocenters. The number of anilines is 2. The molecule has 0 radical (unpaired) electrons. The van der Waals surface area contributed by atoms with Gasteiger partial charge in [-0.1, -0.05) is 6.92 Å². The largest absolute Gasteiger partial charge is 0.433 e. The van der Waals surface area contributed by atoms with Crippen molar-refractivity contribution in [2.45, 2.75) is 24.8 Å². The molecule has 0 fully saturated rings. The lowest BCUT2D eigenvalue weighted by molar-refractivity contribution is -0.141. The zero-order valence-electron chi connectivity index (χ0n) is 11.0. The lowest BCUT2D eigenvalue weighted by Gasteiger charge is -2.12. The van der Waals surface area contributed by atoms with E-state index in [1.807, 2.05) is 5.43 Å². The molecule has 20 heavy (non-hydrogen) atoms. The minimum absolute atomic E-state index is 0.00867. The van der Waals surface area contributed by atoms with Gasteiger partial charge in [-0.05, 0) is 6.42 Å². The van der Waals surface area contributed by atoms with E-state index in [-0.39, 0.29) is 17.0 Å². The Morgan fingerprint density at radius 3 is 2.60 bits per heavy atom. The predicted octanol–water partition coefficient (Wildman–Crippen LogP) is 1.35. The Morgan fingerprint density at radius 1 is 1.45 bits per heavy atom. The number of alkyl halides is 3. The Labute approximate surface area is 116 Å². The molecule has 1 aromatic rings. The lowest BCUT2D eigenvalue weighted by atomic mass is 10.3. The van der Waals surface area contributed by atoms with Gasteiger partial charge in [0.05, 0.1) is 0 Å². The quantitative estimate of drug-likeness (QED) is 0.542. The van der Waals surface area contributed by atoms with E-state index in [0.717, 1.165) is 6.07 Å². The van der Waals surface area contributed by atoms with E-state index >= 15 is 0 Å². The van der Waals surface area contributed by atoms with Crippen LogP contribution >= 0.6 is 0 Å². The molecule has 2 unspecified atom stereocenters. The average molecular weight is 311 g/mol. The van der Waals surface area contributed by atoms with Crippen LogP contribution in [-0.2, 0) is 17.0 Å². The summed E-state index contributed by atoms with van der Waals surface area (Å²) >= 11 is 0. The van der Waals surface area contributed by atoms with Crippen LogP contribution in [0.4, 0.5) is 24.9 Å². The first-order valence-corrected chi connectivity index (χ1v) is 7.35. The minimum atomic E-state index is -4.58. The van der Waals surface area contributed by atoms with Crippen LogP contribution in [0.5, 0.6) is 0 Å². The van der Waals surface area contributed by atoms with Crippen LogP contribution in [0.25, 0.3) is 0 Å². The number of nitrogens with two attached hydrogens (primary N) is 1. The van der Waals surface area contributed by atoms with E-state index in [2.05, 4.69) is 15.3 Å². The highest BCUT2D eigenvalue weighted by Crippen LogP contribution is 2.29. The van der Waals surface area contributed by atoms with Crippen LogP contribution < -0.4 is 16.6 Å². The fourth-order valence-corrected chi connectivity index (χ4v) is 1.77. The third-order valence-corrected chi connectivity index (χ3v) is 3.94. The van der Waals surface area contributed by atoms with Gasteiger partial charge in [-0.25, -0.2) is 10.8 Å². The summed E-state index contributed by atoms with van der Waals surface area (Å²) in [7, 11) is -0.978. The molecule has 6 nitrogen and oxygen atoms in total. The lowest BCUT2D eigenvalue weighted by Crippen LogP contribution is -2.18. The first kappa shape index (κ1) is 16.6. The summed E-state index contributed by atoms with van der Waals surface area (Å²) in [5.41, 5.74) is 0.899. The standard InChI is InChI=1S/C10H16F3N5OS/c1-6(20(2)19)3-4-15-8-5-7(10(11,12)13)16-9(17-8)18-14/h5-6H,3-4,14H2,1-2H3,(H2,15,16,17,18). The van der Waals surface area contributed by atoms with Crippen LogP contribution in [0.2, 0.25) is 0 Å². The molecular formula is C10H16F3N5OS. The molecule has 0 bridgehead atoms. The summed E-state index contributed by atoms with van der Waals surface area (Å²) < 4.78 is 49.0. The van der Waals surface area contributed by atoms with Gasteiger partial charge in [0.25, 0.3) is 0 Å². The van der Waals surface area contributed by atoms with E-state index in [1.54, 1.807) is 13.2 Å². The van der Waals surface area contributed by atoms with Crippen molar-refractivity contribution in [2.75, 3.05) is 23.5 Å². The van der Waals surface area contributed by atoms with Crippen molar-refractivity contribution in [1.82, 2.24) is 9.97 Å². The third-order valence-electron chi connectivity index (χ3n) is 2.57. The molecule has 0 aromatic carbocycles. The number of halogens is 3. The van der Waals surface area contributed by atoms with E-state index in [9.17, 15) is 17.4 Å². The first-order chi connectivity index (χ1) is 9.24. The van der Waals surface area contributed by atoms with Crippen LogP contribution in [0.1, 0.15) is 19.0 Å². The number of hydrogen-bond acceptors (Lipinski definition) is 6. The second kappa shape index (κ2) is 6.84. The van der Waals surface area contributed by atoms with Gasteiger partial charge in [-0.15, -0.1) is 0 Å². The second-order valence-corrected chi connectivity index (χ2v) is 5.93. The van der Waals surface area contributed by atoms with Crippen molar-refractivity contribution in [1.29, 1.82) is 0 Å². The smallest absolute Gasteiger partial charge is 0.370 e. The second-order valence-electron chi connectivity index (χ2n) is 4.13. The van der Waals surface area contributed by atoms with Gasteiger partial charge >= 0.3 is 6.18 Å². The van der Waals surface area contributed by atoms with Crippen molar-refractivity contribution in [3.8, 4) is 0 Å². The van der Waals surface area contributed by atoms with Crippen molar-refractivity contribution >= 4 is 22.6 Å². The molecule has 1 rings (SSSR count). The van der Waals surface area contributed by atoms with Crippen LogP contribution in [0, 0.1) is 0 Å². The molecule has 114 valence electrons. The molecule has 10 heteroatoms. The van der Waals surface area contributed by atoms with Crippen molar-refractivity contribution in [2.24, 2.45) is 5.84 Å². The fourth-order valence-electron chi connectivity index (χ4n) is 1.32. The van der Waals surface area contributed by atoms with E-state index in [0.29, 0.717) is 13.0 Å². The van der Waals surface area contributed by atoms with E-state index < -0.39 is 22.7 Å². The molecule has 0 aliphatic heterocycles. The number of hydrogen-bond donors (Lipinski definition) is 3. The zero-order chi connectivity index (χ0) is 15.3. The maximum Gasteiger partial charge on any atom is 0.433 e. The molecular weight excluding hydrogens is 295 g/mol. The van der Waals surface area contributed by atoms with Gasteiger partial charge in [0.2, 0.25) is 5.95 Å². The van der Waals surface area contributed by atoms with Crippen LogP contribution in [0.3, 0.4) is 0 Å². The number of nitrogens with one attached hydrogen (secondary N) is 2. The molecule has 1 heterocycles. The maximum atomic E-state index is 12.6. The van der Waals surface area contributed by atoms with Crippen molar-refractivity contribution in [3.63, 3.8) is 0 Å². The topological polar surface area (TPSA) is 92.9 Å². The average Bonchev–Trinajstić information content (AvgIpc) is 2.37. The van der Waals surface area contributed by atoms with Crippen molar-refractivity contribution in [3.05, 3.63) is 11.8 Å². The minimum Gasteiger partial charge on any atom is -0.370 e. The zero-order valence-corrected chi connectivity index (χ0v) is 11.8. The monoisotopic (exact) mass is 311 g/mol. The van der Waals surface area contributed by atoms with Crippen LogP contribution in [-0.4, -0.2) is 32.2 Å². The Balaban J connectivity index is 2.77.